The normalized spacial score (nSPS) is 11.1. The Hall–Kier alpha value is -1.89. The van der Waals surface area contributed by atoms with Gasteiger partial charge in [-0.2, -0.15) is 0 Å². The number of aromatic nitrogens is 4. The summed E-state index contributed by atoms with van der Waals surface area (Å²) in [5, 5.41) is 0. The molecule has 15 heavy (non-hydrogen) atoms. The van der Waals surface area contributed by atoms with Gasteiger partial charge < -0.3 is 10.7 Å². The van der Waals surface area contributed by atoms with Crippen molar-refractivity contribution in [2.75, 3.05) is 0 Å². The number of H-pyrrole nitrogens is 1. The summed E-state index contributed by atoms with van der Waals surface area (Å²) in [6.45, 7) is 0.200. The van der Waals surface area contributed by atoms with Crippen LogP contribution in [-0.2, 0) is 20.6 Å². The molecule has 0 radical (unpaired) electrons. The molecule has 0 bridgehead atoms. The van der Waals surface area contributed by atoms with Crippen LogP contribution in [0.1, 0.15) is 5.82 Å². The number of nitrogens with zero attached hydrogens (tertiary/aromatic N) is 3. The van der Waals surface area contributed by atoms with Crippen molar-refractivity contribution in [2.45, 2.75) is 6.54 Å². The Morgan fingerprint density at radius 1 is 1.33 bits per heavy atom. The Morgan fingerprint density at radius 3 is 2.60 bits per heavy atom. The van der Waals surface area contributed by atoms with Crippen LogP contribution in [0, 0.1) is 0 Å². The maximum Gasteiger partial charge on any atom is 0.332 e. The molecule has 2 heterocycles. The molecule has 2 aromatic heterocycles. The zero-order valence-electron chi connectivity index (χ0n) is 8.44. The lowest BCUT2D eigenvalue weighted by Gasteiger charge is -2.00. The smallest absolute Gasteiger partial charge is 0.332 e. The van der Waals surface area contributed by atoms with Gasteiger partial charge in [-0.3, -0.25) is 13.9 Å². The molecule has 0 spiro atoms. The van der Waals surface area contributed by atoms with E-state index in [0.717, 1.165) is 4.57 Å². The maximum absolute atomic E-state index is 11.7. The Morgan fingerprint density at radius 2 is 2.00 bits per heavy atom. The molecular formula is C8H11N5O2. The SMILES string of the molecule is Cn1c(=O)c2[nH]c(CN)nc2n(C)c1=O. The van der Waals surface area contributed by atoms with Crippen LogP contribution < -0.4 is 17.0 Å². The number of nitrogens with two attached hydrogens (primary N) is 1. The van der Waals surface area contributed by atoms with Crippen molar-refractivity contribution in [1.82, 2.24) is 19.1 Å². The van der Waals surface area contributed by atoms with Crippen molar-refractivity contribution in [3.63, 3.8) is 0 Å². The van der Waals surface area contributed by atoms with Gasteiger partial charge in [0.05, 0.1) is 6.54 Å². The first-order valence-electron chi connectivity index (χ1n) is 4.41. The predicted octanol–water partition coefficient (Wildman–Crippen LogP) is -1.58. The third-order valence-corrected chi connectivity index (χ3v) is 2.34. The van der Waals surface area contributed by atoms with Gasteiger partial charge in [0.15, 0.2) is 5.65 Å². The molecule has 0 aliphatic rings. The third-order valence-electron chi connectivity index (χ3n) is 2.34. The van der Waals surface area contributed by atoms with Gasteiger partial charge in [-0.25, -0.2) is 9.78 Å². The number of hydrogen-bond acceptors (Lipinski definition) is 4. The molecule has 3 N–H and O–H groups in total. The molecule has 7 nitrogen and oxygen atoms in total. The van der Waals surface area contributed by atoms with E-state index in [1.165, 1.54) is 11.6 Å². The standard InChI is InChI=1S/C8H11N5O2/c1-12-6-5(10-4(3-9)11-6)7(14)13(2)8(12)15/h3,9H2,1-2H3,(H,10,11). The van der Waals surface area contributed by atoms with Crippen LogP contribution in [0.15, 0.2) is 9.59 Å². The quantitative estimate of drug-likeness (QED) is 0.592. The molecule has 0 unspecified atom stereocenters. The molecule has 0 amide bonds. The summed E-state index contributed by atoms with van der Waals surface area (Å²) in [6, 6.07) is 0. The summed E-state index contributed by atoms with van der Waals surface area (Å²) in [5.74, 6) is 0.489. The highest BCUT2D eigenvalue weighted by atomic mass is 16.2. The molecule has 0 aliphatic carbocycles. The van der Waals surface area contributed by atoms with Crippen LogP contribution in [0.3, 0.4) is 0 Å². The molecule has 0 fully saturated rings. The molecule has 0 aliphatic heterocycles. The van der Waals surface area contributed by atoms with Crippen LogP contribution in [-0.4, -0.2) is 19.1 Å². The van der Waals surface area contributed by atoms with E-state index in [1.54, 1.807) is 7.05 Å². The fourth-order valence-electron chi connectivity index (χ4n) is 1.47. The van der Waals surface area contributed by atoms with Gasteiger partial charge in [-0.1, -0.05) is 0 Å². The van der Waals surface area contributed by atoms with Crippen molar-refractivity contribution in [1.29, 1.82) is 0 Å². The van der Waals surface area contributed by atoms with E-state index in [1.807, 2.05) is 0 Å². The number of fused-ring (bicyclic) bond motifs is 1. The van der Waals surface area contributed by atoms with Crippen LogP contribution in [0.2, 0.25) is 0 Å². The lowest BCUT2D eigenvalue weighted by molar-refractivity contribution is 0.708. The fraction of sp³-hybridized carbons (Fsp3) is 0.375. The molecule has 80 valence electrons. The van der Waals surface area contributed by atoms with Gasteiger partial charge in [-0.15, -0.1) is 0 Å². The molecule has 0 aromatic carbocycles. The topological polar surface area (TPSA) is 98.7 Å². The zero-order chi connectivity index (χ0) is 11.2. The van der Waals surface area contributed by atoms with Gasteiger partial charge in [0.25, 0.3) is 5.56 Å². The van der Waals surface area contributed by atoms with E-state index >= 15 is 0 Å². The number of hydrogen-bond donors (Lipinski definition) is 2. The molecule has 0 atom stereocenters. The summed E-state index contributed by atoms with van der Waals surface area (Å²) in [5.41, 5.74) is 5.25. The highest BCUT2D eigenvalue weighted by Gasteiger charge is 2.12. The Labute approximate surface area is 84.2 Å². The lowest BCUT2D eigenvalue weighted by Crippen LogP contribution is -2.36. The van der Waals surface area contributed by atoms with Gasteiger partial charge >= 0.3 is 5.69 Å². The van der Waals surface area contributed by atoms with Crippen molar-refractivity contribution in [2.24, 2.45) is 19.8 Å². The largest absolute Gasteiger partial charge is 0.335 e. The molecule has 0 saturated heterocycles. The first-order chi connectivity index (χ1) is 7.06. The molecule has 7 heteroatoms. The second kappa shape index (κ2) is 3.06. The summed E-state index contributed by atoms with van der Waals surface area (Å²) in [7, 11) is 2.98. The third kappa shape index (κ3) is 1.20. The van der Waals surface area contributed by atoms with Gasteiger partial charge in [0.1, 0.15) is 11.3 Å². The zero-order valence-corrected chi connectivity index (χ0v) is 8.44. The minimum absolute atomic E-state index is 0.200. The van der Waals surface area contributed by atoms with Gasteiger partial charge in [-0.05, 0) is 0 Å². The first-order valence-corrected chi connectivity index (χ1v) is 4.41. The van der Waals surface area contributed by atoms with Gasteiger partial charge in [0.2, 0.25) is 0 Å². The second-order valence-corrected chi connectivity index (χ2v) is 3.29. The number of aromatic amines is 1. The van der Waals surface area contributed by atoms with Crippen molar-refractivity contribution < 1.29 is 0 Å². The van der Waals surface area contributed by atoms with E-state index < -0.39 is 5.69 Å². The van der Waals surface area contributed by atoms with Gasteiger partial charge in [0, 0.05) is 14.1 Å². The lowest BCUT2D eigenvalue weighted by atomic mass is 10.5. The minimum Gasteiger partial charge on any atom is -0.335 e. The van der Waals surface area contributed by atoms with Crippen LogP contribution in [0.5, 0.6) is 0 Å². The van der Waals surface area contributed by atoms with E-state index in [9.17, 15) is 9.59 Å². The predicted molar refractivity (Wildman–Crippen MR) is 54.5 cm³/mol. The maximum atomic E-state index is 11.7. The number of nitrogens with one attached hydrogen (secondary N) is 1. The number of rotatable bonds is 1. The number of imidazole rings is 1. The molecule has 0 saturated carbocycles. The summed E-state index contributed by atoms with van der Waals surface area (Å²) < 4.78 is 2.34. The highest BCUT2D eigenvalue weighted by Crippen LogP contribution is 2.02. The first kappa shape index (κ1) is 9.66. The fourth-order valence-corrected chi connectivity index (χ4v) is 1.47. The highest BCUT2D eigenvalue weighted by molar-refractivity contribution is 5.69. The molecule has 2 aromatic rings. The van der Waals surface area contributed by atoms with E-state index in [0.29, 0.717) is 17.0 Å². The second-order valence-electron chi connectivity index (χ2n) is 3.29. The van der Waals surface area contributed by atoms with Crippen LogP contribution in [0.4, 0.5) is 0 Å². The monoisotopic (exact) mass is 209 g/mol. The number of aryl methyl sites for hydroxylation is 1. The Balaban J connectivity index is 3.04. The van der Waals surface area contributed by atoms with E-state index in [4.69, 9.17) is 5.73 Å². The summed E-state index contributed by atoms with van der Waals surface area (Å²) >= 11 is 0. The molecule has 2 rings (SSSR count). The van der Waals surface area contributed by atoms with Crippen molar-refractivity contribution in [3.8, 4) is 0 Å². The van der Waals surface area contributed by atoms with Crippen LogP contribution >= 0.6 is 0 Å². The van der Waals surface area contributed by atoms with Crippen molar-refractivity contribution >= 4 is 11.2 Å². The summed E-state index contributed by atoms with van der Waals surface area (Å²) in [6.07, 6.45) is 0. The Kier molecular flexibility index (Phi) is 1.97. The van der Waals surface area contributed by atoms with E-state index in [2.05, 4.69) is 9.97 Å². The van der Waals surface area contributed by atoms with Crippen LogP contribution in [0.25, 0.3) is 11.2 Å². The minimum atomic E-state index is -0.400. The van der Waals surface area contributed by atoms with Crippen molar-refractivity contribution in [3.05, 3.63) is 26.7 Å². The average molecular weight is 209 g/mol. The van der Waals surface area contributed by atoms with E-state index in [-0.39, 0.29) is 12.1 Å². The average Bonchev–Trinajstić information content (AvgIpc) is 2.67. The summed E-state index contributed by atoms with van der Waals surface area (Å²) in [4.78, 5) is 30.1. The molecular weight excluding hydrogens is 198 g/mol. The Bertz CT molecular complexity index is 633.